The molecule has 1 amide bonds. The molecular weight excluding hydrogens is 289 g/mol. The minimum absolute atomic E-state index is 0.0616. The molecule has 0 aliphatic heterocycles. The topological polar surface area (TPSA) is 36.4 Å². The van der Waals surface area contributed by atoms with Crippen LogP contribution in [0.4, 0.5) is 4.39 Å². The molecule has 1 heterocycles. The fourth-order valence-electron chi connectivity index (χ4n) is 1.81. The molecule has 0 radical (unpaired) electrons. The Morgan fingerprint density at radius 3 is 2.52 bits per heavy atom. The zero-order valence-electron chi connectivity index (χ0n) is 12.3. The summed E-state index contributed by atoms with van der Waals surface area (Å²) in [7, 11) is 5.37. The van der Waals surface area contributed by atoms with Crippen molar-refractivity contribution < 1.29 is 9.18 Å². The summed E-state index contributed by atoms with van der Waals surface area (Å²) in [6, 6.07) is 6.30. The third-order valence-electron chi connectivity index (χ3n) is 2.98. The Morgan fingerprint density at radius 2 is 1.90 bits per heavy atom. The molecule has 0 unspecified atom stereocenters. The van der Waals surface area contributed by atoms with E-state index in [0.717, 1.165) is 16.3 Å². The molecule has 0 bridgehead atoms. The van der Waals surface area contributed by atoms with Crippen LogP contribution in [0.15, 0.2) is 29.6 Å². The number of carbonyl (C=O) groups is 1. The third kappa shape index (κ3) is 4.34. The second-order valence-corrected chi connectivity index (χ2v) is 5.97. The van der Waals surface area contributed by atoms with Crippen LogP contribution in [0.5, 0.6) is 0 Å². The van der Waals surface area contributed by atoms with Crippen molar-refractivity contribution >= 4 is 17.2 Å². The van der Waals surface area contributed by atoms with Crippen LogP contribution in [0.2, 0.25) is 0 Å². The number of carbonyl (C=O) groups excluding carboxylic acids is 1. The molecule has 21 heavy (non-hydrogen) atoms. The van der Waals surface area contributed by atoms with Crippen LogP contribution in [0.25, 0.3) is 10.6 Å². The average Bonchev–Trinajstić information content (AvgIpc) is 2.87. The second kappa shape index (κ2) is 6.78. The van der Waals surface area contributed by atoms with Crippen molar-refractivity contribution in [2.24, 2.45) is 0 Å². The van der Waals surface area contributed by atoms with Gasteiger partial charge in [-0.15, -0.1) is 11.3 Å². The van der Waals surface area contributed by atoms with Crippen LogP contribution in [-0.4, -0.2) is 48.4 Å². The lowest BCUT2D eigenvalue weighted by molar-refractivity contribution is -0.129. The highest BCUT2D eigenvalue weighted by Gasteiger charge is 2.11. The molecule has 2 aromatic rings. The van der Waals surface area contributed by atoms with Crippen LogP contribution >= 0.6 is 11.3 Å². The first-order valence-corrected chi connectivity index (χ1v) is 7.42. The van der Waals surface area contributed by atoms with E-state index in [-0.39, 0.29) is 11.7 Å². The van der Waals surface area contributed by atoms with Crippen LogP contribution < -0.4 is 0 Å². The Balaban J connectivity index is 2.00. The molecule has 0 atom stereocenters. The maximum Gasteiger partial charge on any atom is 0.236 e. The van der Waals surface area contributed by atoms with E-state index in [0.29, 0.717) is 13.1 Å². The zero-order valence-corrected chi connectivity index (χ0v) is 13.2. The van der Waals surface area contributed by atoms with E-state index in [4.69, 9.17) is 0 Å². The molecular formula is C15H18FN3OS. The Bertz CT molecular complexity index is 610. The highest BCUT2D eigenvalue weighted by atomic mass is 32.1. The normalized spacial score (nSPS) is 10.9. The van der Waals surface area contributed by atoms with Gasteiger partial charge in [0.1, 0.15) is 10.8 Å². The van der Waals surface area contributed by atoms with E-state index in [1.165, 1.54) is 23.5 Å². The van der Waals surface area contributed by atoms with Crippen molar-refractivity contribution in [3.05, 3.63) is 41.2 Å². The van der Waals surface area contributed by atoms with Crippen LogP contribution in [-0.2, 0) is 11.3 Å². The third-order valence-corrected chi connectivity index (χ3v) is 3.92. The monoisotopic (exact) mass is 307 g/mol. The van der Waals surface area contributed by atoms with Gasteiger partial charge in [-0.3, -0.25) is 9.69 Å². The standard InChI is InChI=1S/C15H18FN3OS/c1-18(2)14(20)9-19(3)8-13-10-21-15(17-13)11-4-6-12(16)7-5-11/h4-7,10H,8-9H2,1-3H3. The molecule has 0 saturated heterocycles. The Labute approximate surface area is 127 Å². The van der Waals surface area contributed by atoms with E-state index >= 15 is 0 Å². The summed E-state index contributed by atoms with van der Waals surface area (Å²) in [4.78, 5) is 19.7. The summed E-state index contributed by atoms with van der Waals surface area (Å²) < 4.78 is 12.9. The molecule has 0 aliphatic carbocycles. The number of benzene rings is 1. The zero-order chi connectivity index (χ0) is 15.4. The Kier molecular flexibility index (Phi) is 5.03. The van der Waals surface area contributed by atoms with Gasteiger partial charge < -0.3 is 4.90 Å². The van der Waals surface area contributed by atoms with Crippen LogP contribution in [0.1, 0.15) is 5.69 Å². The smallest absolute Gasteiger partial charge is 0.236 e. The molecule has 0 N–H and O–H groups in total. The van der Waals surface area contributed by atoms with Crippen molar-refractivity contribution in [2.45, 2.75) is 6.54 Å². The van der Waals surface area contributed by atoms with E-state index < -0.39 is 0 Å². The van der Waals surface area contributed by atoms with Gasteiger partial charge in [0, 0.05) is 31.6 Å². The molecule has 1 aromatic carbocycles. The SMILES string of the molecule is CN(CC(=O)N(C)C)Cc1csc(-c2ccc(F)cc2)n1. The molecule has 0 spiro atoms. The number of halogens is 1. The van der Waals surface area contributed by atoms with Crippen LogP contribution in [0, 0.1) is 5.82 Å². The quantitative estimate of drug-likeness (QED) is 0.851. The predicted molar refractivity (Wildman–Crippen MR) is 82.5 cm³/mol. The number of aromatic nitrogens is 1. The first kappa shape index (κ1) is 15.6. The second-order valence-electron chi connectivity index (χ2n) is 5.11. The van der Waals surface area contributed by atoms with Crippen molar-refractivity contribution in [2.75, 3.05) is 27.7 Å². The molecule has 2 rings (SSSR count). The summed E-state index contributed by atoms with van der Waals surface area (Å²) >= 11 is 1.52. The Morgan fingerprint density at radius 1 is 1.24 bits per heavy atom. The first-order chi connectivity index (χ1) is 9.95. The summed E-state index contributed by atoms with van der Waals surface area (Å²) in [5, 5.41) is 2.83. The molecule has 112 valence electrons. The first-order valence-electron chi connectivity index (χ1n) is 6.54. The van der Waals surface area contributed by atoms with Crippen molar-refractivity contribution in [1.29, 1.82) is 0 Å². The summed E-state index contributed by atoms with van der Waals surface area (Å²) in [6.07, 6.45) is 0. The van der Waals surface area contributed by atoms with Gasteiger partial charge in [0.05, 0.1) is 12.2 Å². The fraction of sp³-hybridized carbons (Fsp3) is 0.333. The van der Waals surface area contributed by atoms with Gasteiger partial charge in [0.15, 0.2) is 0 Å². The lowest BCUT2D eigenvalue weighted by Gasteiger charge is -2.17. The van der Waals surface area contributed by atoms with Gasteiger partial charge in [0.25, 0.3) is 0 Å². The summed E-state index contributed by atoms with van der Waals surface area (Å²) in [6.45, 7) is 0.966. The average molecular weight is 307 g/mol. The van der Waals surface area contributed by atoms with Crippen molar-refractivity contribution in [3.8, 4) is 10.6 Å². The largest absolute Gasteiger partial charge is 0.348 e. The van der Waals surface area contributed by atoms with E-state index in [1.807, 2.05) is 17.3 Å². The molecule has 4 nitrogen and oxygen atoms in total. The minimum atomic E-state index is -0.252. The lowest BCUT2D eigenvalue weighted by atomic mass is 10.2. The maximum atomic E-state index is 12.9. The summed E-state index contributed by atoms with van der Waals surface area (Å²) in [5.41, 5.74) is 1.81. The number of rotatable bonds is 5. The Hall–Kier alpha value is -1.79. The van der Waals surface area contributed by atoms with Crippen molar-refractivity contribution in [3.63, 3.8) is 0 Å². The number of nitrogens with zero attached hydrogens (tertiary/aromatic N) is 3. The van der Waals surface area contributed by atoms with Gasteiger partial charge in [-0.2, -0.15) is 0 Å². The van der Waals surface area contributed by atoms with Gasteiger partial charge in [0.2, 0.25) is 5.91 Å². The number of hydrogen-bond acceptors (Lipinski definition) is 4. The number of hydrogen-bond donors (Lipinski definition) is 0. The van der Waals surface area contributed by atoms with E-state index in [9.17, 15) is 9.18 Å². The minimum Gasteiger partial charge on any atom is -0.348 e. The van der Waals surface area contributed by atoms with Crippen molar-refractivity contribution in [1.82, 2.24) is 14.8 Å². The highest BCUT2D eigenvalue weighted by Crippen LogP contribution is 2.24. The molecule has 6 heteroatoms. The van der Waals surface area contributed by atoms with Gasteiger partial charge in [-0.1, -0.05) is 0 Å². The highest BCUT2D eigenvalue weighted by molar-refractivity contribution is 7.13. The van der Waals surface area contributed by atoms with Gasteiger partial charge in [-0.05, 0) is 31.3 Å². The number of amides is 1. The number of likely N-dealkylation sites (N-methyl/N-ethyl adjacent to an activating group) is 2. The fourth-order valence-corrected chi connectivity index (χ4v) is 2.63. The van der Waals surface area contributed by atoms with Gasteiger partial charge in [-0.25, -0.2) is 9.37 Å². The van der Waals surface area contributed by atoms with Gasteiger partial charge >= 0.3 is 0 Å². The lowest BCUT2D eigenvalue weighted by Crippen LogP contribution is -2.34. The van der Waals surface area contributed by atoms with Crippen LogP contribution in [0.3, 0.4) is 0 Å². The molecule has 1 aromatic heterocycles. The molecule has 0 fully saturated rings. The predicted octanol–water partition coefficient (Wildman–Crippen LogP) is 2.47. The maximum absolute atomic E-state index is 12.9. The molecule has 0 saturated carbocycles. The van der Waals surface area contributed by atoms with E-state index in [1.54, 1.807) is 31.1 Å². The summed E-state index contributed by atoms with van der Waals surface area (Å²) in [5.74, 6) is -0.191. The number of thiazole rings is 1. The molecule has 0 aliphatic rings. The van der Waals surface area contributed by atoms with E-state index in [2.05, 4.69) is 4.98 Å².